The SMILES string of the molecule is COC1(C)CC(N(C)C(=O)C2CCCC(C(=O)O)C2)C1(C)C. The number of carboxylic acids is 1. The van der Waals surface area contributed by atoms with Crippen molar-refractivity contribution in [3.8, 4) is 0 Å². The molecule has 1 amide bonds. The highest BCUT2D eigenvalue weighted by molar-refractivity contribution is 5.80. The van der Waals surface area contributed by atoms with Gasteiger partial charge in [0.2, 0.25) is 5.91 Å². The number of amides is 1. The van der Waals surface area contributed by atoms with Crippen LogP contribution in [-0.2, 0) is 14.3 Å². The van der Waals surface area contributed by atoms with Gasteiger partial charge in [0.15, 0.2) is 0 Å². The van der Waals surface area contributed by atoms with E-state index in [4.69, 9.17) is 4.74 Å². The minimum absolute atomic E-state index is 0.0992. The van der Waals surface area contributed by atoms with Gasteiger partial charge in [-0.05, 0) is 32.6 Å². The van der Waals surface area contributed by atoms with E-state index in [0.29, 0.717) is 12.8 Å². The molecule has 0 aromatic heterocycles. The minimum Gasteiger partial charge on any atom is -0.481 e. The zero-order chi connectivity index (χ0) is 16.7. The van der Waals surface area contributed by atoms with Crippen molar-refractivity contribution in [2.24, 2.45) is 17.3 Å². The Balaban J connectivity index is 2.03. The van der Waals surface area contributed by atoms with Gasteiger partial charge in [-0.3, -0.25) is 9.59 Å². The number of carboxylic acid groups (broad SMARTS) is 1. The van der Waals surface area contributed by atoms with Gasteiger partial charge < -0.3 is 14.7 Å². The van der Waals surface area contributed by atoms with Crippen LogP contribution in [-0.4, -0.2) is 47.7 Å². The summed E-state index contributed by atoms with van der Waals surface area (Å²) in [5.41, 5.74) is -0.310. The molecule has 5 heteroatoms. The number of methoxy groups -OCH3 is 1. The quantitative estimate of drug-likeness (QED) is 0.866. The Labute approximate surface area is 133 Å². The average molecular weight is 311 g/mol. The van der Waals surface area contributed by atoms with Crippen molar-refractivity contribution in [1.82, 2.24) is 4.90 Å². The first-order valence-electron chi connectivity index (χ1n) is 8.18. The van der Waals surface area contributed by atoms with E-state index in [1.165, 1.54) is 0 Å². The molecule has 0 heterocycles. The van der Waals surface area contributed by atoms with Crippen molar-refractivity contribution in [3.63, 3.8) is 0 Å². The van der Waals surface area contributed by atoms with Gasteiger partial charge >= 0.3 is 5.97 Å². The Morgan fingerprint density at radius 2 is 1.77 bits per heavy atom. The van der Waals surface area contributed by atoms with Gasteiger partial charge in [0.1, 0.15) is 0 Å². The van der Waals surface area contributed by atoms with Crippen molar-refractivity contribution in [3.05, 3.63) is 0 Å². The van der Waals surface area contributed by atoms with Gasteiger partial charge in [-0.15, -0.1) is 0 Å². The predicted octanol–water partition coefficient (Wildman–Crippen LogP) is 2.54. The maximum absolute atomic E-state index is 12.8. The number of hydrogen-bond acceptors (Lipinski definition) is 3. The Bertz CT molecular complexity index is 462. The second-order valence-corrected chi connectivity index (χ2v) is 7.72. The summed E-state index contributed by atoms with van der Waals surface area (Å²) in [4.78, 5) is 25.8. The lowest BCUT2D eigenvalue weighted by molar-refractivity contribution is -0.208. The zero-order valence-electron chi connectivity index (χ0n) is 14.4. The largest absolute Gasteiger partial charge is 0.481 e. The maximum atomic E-state index is 12.8. The van der Waals surface area contributed by atoms with Crippen molar-refractivity contribution in [1.29, 1.82) is 0 Å². The topological polar surface area (TPSA) is 66.8 Å². The molecular formula is C17H29NO4. The molecule has 0 aromatic rings. The van der Waals surface area contributed by atoms with E-state index >= 15 is 0 Å². The number of hydrogen-bond donors (Lipinski definition) is 1. The normalized spacial score (nSPS) is 37.2. The molecule has 0 radical (unpaired) electrons. The molecule has 2 saturated carbocycles. The minimum atomic E-state index is -0.768. The van der Waals surface area contributed by atoms with E-state index in [9.17, 15) is 14.7 Å². The number of aliphatic carboxylic acids is 1. The van der Waals surface area contributed by atoms with E-state index < -0.39 is 5.97 Å². The molecule has 1 N–H and O–H groups in total. The summed E-state index contributed by atoms with van der Waals surface area (Å²) in [6.07, 6.45) is 3.63. The average Bonchev–Trinajstić information content (AvgIpc) is 2.50. The molecule has 5 nitrogen and oxygen atoms in total. The van der Waals surface area contributed by atoms with Gasteiger partial charge in [0, 0.05) is 31.5 Å². The molecule has 4 unspecified atom stereocenters. The summed E-state index contributed by atoms with van der Waals surface area (Å²) in [6.45, 7) is 6.35. The Kier molecular flexibility index (Phi) is 4.58. The fourth-order valence-corrected chi connectivity index (χ4v) is 4.16. The first-order valence-corrected chi connectivity index (χ1v) is 8.18. The summed E-state index contributed by atoms with van der Waals surface area (Å²) in [5.74, 6) is -1.18. The first-order chi connectivity index (χ1) is 10.1. The summed E-state index contributed by atoms with van der Waals surface area (Å²) in [7, 11) is 3.58. The second-order valence-electron chi connectivity index (χ2n) is 7.72. The molecule has 22 heavy (non-hydrogen) atoms. The third-order valence-electron chi connectivity index (χ3n) is 6.42. The van der Waals surface area contributed by atoms with Crippen molar-refractivity contribution in [2.45, 2.75) is 64.5 Å². The van der Waals surface area contributed by atoms with E-state index in [2.05, 4.69) is 20.8 Å². The van der Waals surface area contributed by atoms with E-state index in [1.807, 2.05) is 11.9 Å². The highest BCUT2D eigenvalue weighted by Gasteiger charge is 2.60. The van der Waals surface area contributed by atoms with Gasteiger partial charge in [-0.2, -0.15) is 0 Å². The lowest BCUT2D eigenvalue weighted by atomic mass is 9.55. The summed E-state index contributed by atoms with van der Waals surface area (Å²) >= 11 is 0. The monoisotopic (exact) mass is 311 g/mol. The number of ether oxygens (including phenoxy) is 1. The van der Waals surface area contributed by atoms with Crippen LogP contribution in [0, 0.1) is 17.3 Å². The third kappa shape index (κ3) is 2.64. The highest BCUT2D eigenvalue weighted by atomic mass is 16.5. The lowest BCUT2D eigenvalue weighted by Gasteiger charge is -2.61. The Hall–Kier alpha value is -1.10. The Morgan fingerprint density at radius 3 is 2.27 bits per heavy atom. The van der Waals surface area contributed by atoms with E-state index in [1.54, 1.807) is 7.11 Å². The van der Waals surface area contributed by atoms with Gasteiger partial charge in [0.05, 0.1) is 11.5 Å². The van der Waals surface area contributed by atoms with Crippen molar-refractivity contribution in [2.75, 3.05) is 14.2 Å². The van der Waals surface area contributed by atoms with Gasteiger partial charge in [-0.1, -0.05) is 20.3 Å². The summed E-state index contributed by atoms with van der Waals surface area (Å²) < 4.78 is 5.63. The van der Waals surface area contributed by atoms with Crippen LogP contribution in [0.15, 0.2) is 0 Å². The molecular weight excluding hydrogens is 282 g/mol. The number of nitrogens with zero attached hydrogens (tertiary/aromatic N) is 1. The molecule has 126 valence electrons. The standard InChI is InChI=1S/C17H29NO4/c1-16(2)13(10-17(16,3)22-5)18(4)14(19)11-7-6-8-12(9-11)15(20)21/h11-13H,6-10H2,1-5H3,(H,20,21). The molecule has 2 aliphatic rings. The smallest absolute Gasteiger partial charge is 0.306 e. The van der Waals surface area contributed by atoms with Crippen LogP contribution in [0.5, 0.6) is 0 Å². The number of carbonyl (C=O) groups excluding carboxylic acids is 1. The fourth-order valence-electron chi connectivity index (χ4n) is 4.16. The third-order valence-corrected chi connectivity index (χ3v) is 6.42. The first kappa shape index (κ1) is 17.3. The van der Waals surface area contributed by atoms with Crippen LogP contribution in [0.2, 0.25) is 0 Å². The van der Waals surface area contributed by atoms with Gasteiger partial charge in [-0.25, -0.2) is 0 Å². The highest BCUT2D eigenvalue weighted by Crippen LogP contribution is 2.53. The van der Waals surface area contributed by atoms with Crippen molar-refractivity contribution >= 4 is 11.9 Å². The fraction of sp³-hybridized carbons (Fsp3) is 0.882. The summed E-state index contributed by atoms with van der Waals surface area (Å²) in [5, 5.41) is 9.19. The van der Waals surface area contributed by atoms with E-state index in [-0.39, 0.29) is 34.8 Å². The summed E-state index contributed by atoms with van der Waals surface area (Å²) in [6, 6.07) is 0.148. The molecule has 0 aromatic carbocycles. The second kappa shape index (κ2) is 5.84. The Morgan fingerprint density at radius 1 is 1.18 bits per heavy atom. The molecule has 2 rings (SSSR count). The van der Waals surface area contributed by atoms with Crippen LogP contribution < -0.4 is 0 Å². The maximum Gasteiger partial charge on any atom is 0.306 e. The molecule has 0 spiro atoms. The molecule has 0 bridgehead atoms. The number of carbonyl (C=O) groups is 2. The predicted molar refractivity (Wildman–Crippen MR) is 83.5 cm³/mol. The van der Waals surface area contributed by atoms with Crippen molar-refractivity contribution < 1.29 is 19.4 Å². The van der Waals surface area contributed by atoms with Crippen LogP contribution in [0.1, 0.15) is 52.9 Å². The van der Waals surface area contributed by atoms with Crippen LogP contribution >= 0.6 is 0 Å². The molecule has 0 aliphatic heterocycles. The van der Waals surface area contributed by atoms with Gasteiger partial charge in [0.25, 0.3) is 0 Å². The zero-order valence-corrected chi connectivity index (χ0v) is 14.4. The van der Waals surface area contributed by atoms with Crippen LogP contribution in [0.3, 0.4) is 0 Å². The molecule has 0 saturated heterocycles. The van der Waals surface area contributed by atoms with E-state index in [0.717, 1.165) is 19.3 Å². The molecule has 4 atom stereocenters. The number of rotatable bonds is 4. The molecule has 2 aliphatic carbocycles. The van der Waals surface area contributed by atoms with Crippen LogP contribution in [0.4, 0.5) is 0 Å². The van der Waals surface area contributed by atoms with Crippen LogP contribution in [0.25, 0.3) is 0 Å². The lowest BCUT2D eigenvalue weighted by Crippen LogP contribution is -2.69. The molecule has 2 fully saturated rings.